The van der Waals surface area contributed by atoms with Crippen LogP contribution in [-0.2, 0) is 15.3 Å². The molecule has 0 bridgehead atoms. The molecule has 0 fully saturated rings. The molecule has 138 valence electrons. The monoisotopic (exact) mass is 390 g/mol. The summed E-state index contributed by atoms with van der Waals surface area (Å²) in [5.41, 5.74) is -1.04. The van der Waals surface area contributed by atoms with Crippen molar-refractivity contribution in [1.82, 2.24) is 0 Å². The van der Waals surface area contributed by atoms with E-state index < -0.39 is 46.4 Å². The average molecular weight is 390 g/mol. The lowest BCUT2D eigenvalue weighted by Gasteiger charge is -2.12. The Morgan fingerprint density at radius 3 is 2.12 bits per heavy atom. The molecule has 0 radical (unpaired) electrons. The third-order valence-corrected chi connectivity index (χ3v) is 4.48. The molecule has 0 saturated heterocycles. The highest BCUT2D eigenvalue weighted by molar-refractivity contribution is 7.98. The quantitative estimate of drug-likeness (QED) is 0.152. The molecule has 0 aliphatic rings. The Kier molecular flexibility index (Phi) is 6.25. The van der Waals surface area contributed by atoms with Crippen LogP contribution in [0.25, 0.3) is 5.57 Å². The molecule has 0 heterocycles. The predicted molar refractivity (Wildman–Crippen MR) is 84.9 cm³/mol. The number of methoxy groups -OCH3 is 1. The van der Waals surface area contributed by atoms with E-state index in [0.717, 1.165) is 18.9 Å². The largest absolute Gasteiger partial charge is 0.515 e. The lowest BCUT2D eigenvalue weighted by molar-refractivity contribution is -0.133. The van der Waals surface area contributed by atoms with E-state index in [2.05, 4.69) is 4.74 Å². The number of carbonyl (C=O) groups is 1. The molecular formula is C17H11F5O3S. The van der Waals surface area contributed by atoms with Crippen molar-refractivity contribution in [2.45, 2.75) is 10.6 Å². The fraction of sp³-hybridized carbons (Fsp3) is 0.118. The molecule has 0 unspecified atom stereocenters. The van der Waals surface area contributed by atoms with Gasteiger partial charge in [-0.2, -0.15) is 0 Å². The van der Waals surface area contributed by atoms with Crippen molar-refractivity contribution >= 4 is 23.3 Å². The van der Waals surface area contributed by atoms with Gasteiger partial charge in [-0.3, -0.25) is 0 Å². The van der Waals surface area contributed by atoms with Crippen LogP contribution >= 0.6 is 11.8 Å². The Bertz CT molecular complexity index is 854. The zero-order valence-electron chi connectivity index (χ0n) is 13.2. The molecule has 26 heavy (non-hydrogen) atoms. The maximum absolute atomic E-state index is 13.8. The van der Waals surface area contributed by atoms with Gasteiger partial charge in [0.05, 0.1) is 13.4 Å². The van der Waals surface area contributed by atoms with Crippen molar-refractivity contribution in [2.75, 3.05) is 7.11 Å². The Morgan fingerprint density at radius 2 is 1.58 bits per heavy atom. The van der Waals surface area contributed by atoms with Crippen LogP contribution in [0.15, 0.2) is 35.4 Å². The Morgan fingerprint density at radius 1 is 1.04 bits per heavy atom. The summed E-state index contributed by atoms with van der Waals surface area (Å²) in [6.07, 6.45) is 0.504. The van der Waals surface area contributed by atoms with Gasteiger partial charge in [0.25, 0.3) is 0 Å². The van der Waals surface area contributed by atoms with Gasteiger partial charge in [0, 0.05) is 21.8 Å². The van der Waals surface area contributed by atoms with Crippen molar-refractivity contribution in [2.24, 2.45) is 0 Å². The molecule has 2 rings (SSSR count). The van der Waals surface area contributed by atoms with E-state index in [1.807, 2.05) is 0 Å². The van der Waals surface area contributed by atoms with E-state index in [1.54, 1.807) is 0 Å². The van der Waals surface area contributed by atoms with E-state index in [0.29, 0.717) is 6.26 Å². The summed E-state index contributed by atoms with van der Waals surface area (Å²) in [6.45, 7) is 0. The number of ether oxygens (including phenoxy) is 1. The van der Waals surface area contributed by atoms with Crippen LogP contribution in [0.5, 0.6) is 0 Å². The molecule has 2 aromatic carbocycles. The van der Waals surface area contributed by atoms with Crippen molar-refractivity contribution in [3.8, 4) is 0 Å². The van der Waals surface area contributed by atoms with E-state index in [9.17, 15) is 31.9 Å². The maximum atomic E-state index is 13.8. The lowest BCUT2D eigenvalue weighted by Crippen LogP contribution is -2.07. The summed E-state index contributed by atoms with van der Waals surface area (Å²) < 4.78 is 71.6. The van der Waals surface area contributed by atoms with Gasteiger partial charge < -0.3 is 9.84 Å². The summed E-state index contributed by atoms with van der Waals surface area (Å²) in [7, 11) is 1.09. The van der Waals surface area contributed by atoms with Crippen molar-refractivity contribution in [3.05, 3.63) is 70.7 Å². The number of carbonyl (C=O) groups excluding carboxylic acids is 1. The van der Waals surface area contributed by atoms with Crippen LogP contribution in [-0.4, -0.2) is 18.2 Å². The molecule has 0 atom stereocenters. The molecule has 2 aromatic rings. The van der Waals surface area contributed by atoms with E-state index in [4.69, 9.17) is 0 Å². The second-order valence-corrected chi connectivity index (χ2v) is 5.88. The Hall–Kier alpha value is -2.55. The minimum Gasteiger partial charge on any atom is -0.515 e. The van der Waals surface area contributed by atoms with Crippen LogP contribution in [0.4, 0.5) is 22.0 Å². The lowest BCUT2D eigenvalue weighted by atomic mass is 10.1. The number of aliphatic hydroxyl groups is 1. The Balaban J connectivity index is 2.40. The fourth-order valence-electron chi connectivity index (χ4n) is 2.08. The molecule has 1 N–H and O–H groups in total. The number of hydrogen-bond acceptors (Lipinski definition) is 4. The maximum Gasteiger partial charge on any atom is 0.341 e. The minimum atomic E-state index is -2.23. The van der Waals surface area contributed by atoms with E-state index >= 15 is 0 Å². The average Bonchev–Trinajstić information content (AvgIpc) is 2.66. The summed E-state index contributed by atoms with van der Waals surface area (Å²) in [5, 5.41) is 9.25. The molecule has 0 amide bonds. The third-order valence-electron chi connectivity index (χ3n) is 3.38. The zero-order chi connectivity index (χ0) is 19.4. The standard InChI is InChI=1S/C17H11F5O3S/c1-25-17(24)9(6-23)8-4-2-3-5-11(8)26-7-10-12(18)14(20)16(22)15(21)13(10)19/h2-6,23H,7H2,1H3. The molecule has 0 saturated carbocycles. The topological polar surface area (TPSA) is 46.5 Å². The van der Waals surface area contributed by atoms with Crippen molar-refractivity contribution < 1.29 is 36.6 Å². The van der Waals surface area contributed by atoms with Crippen molar-refractivity contribution in [1.29, 1.82) is 0 Å². The van der Waals surface area contributed by atoms with Gasteiger partial charge in [0.15, 0.2) is 23.3 Å². The van der Waals surface area contributed by atoms with Gasteiger partial charge in [-0.1, -0.05) is 18.2 Å². The molecular weight excluding hydrogens is 379 g/mol. The van der Waals surface area contributed by atoms with Gasteiger partial charge in [-0.25, -0.2) is 26.7 Å². The molecule has 9 heteroatoms. The predicted octanol–water partition coefficient (Wildman–Crippen LogP) is 4.75. The first-order valence-electron chi connectivity index (χ1n) is 6.98. The minimum absolute atomic E-state index is 0.177. The van der Waals surface area contributed by atoms with Gasteiger partial charge in [-0.05, 0) is 6.07 Å². The van der Waals surface area contributed by atoms with Crippen LogP contribution in [0, 0.1) is 29.1 Å². The smallest absolute Gasteiger partial charge is 0.341 e. The summed E-state index contributed by atoms with van der Waals surface area (Å²) >= 11 is 0.728. The first-order chi connectivity index (χ1) is 12.3. The number of rotatable bonds is 5. The van der Waals surface area contributed by atoms with E-state index in [1.165, 1.54) is 24.3 Å². The van der Waals surface area contributed by atoms with Crippen molar-refractivity contribution in [3.63, 3.8) is 0 Å². The van der Waals surface area contributed by atoms with E-state index in [-0.39, 0.29) is 16.0 Å². The Labute approximate surface area is 149 Å². The van der Waals surface area contributed by atoms with Crippen LogP contribution in [0.1, 0.15) is 11.1 Å². The van der Waals surface area contributed by atoms with Gasteiger partial charge in [0.2, 0.25) is 5.82 Å². The van der Waals surface area contributed by atoms with Gasteiger partial charge >= 0.3 is 5.97 Å². The number of aliphatic hydroxyl groups excluding tert-OH is 1. The SMILES string of the molecule is COC(=O)C(=CO)c1ccccc1SCc1c(F)c(F)c(F)c(F)c1F. The second-order valence-electron chi connectivity index (χ2n) is 4.87. The zero-order valence-corrected chi connectivity index (χ0v) is 14.0. The summed E-state index contributed by atoms with van der Waals surface area (Å²) in [6, 6.07) is 5.96. The first kappa shape index (κ1) is 19.8. The normalized spacial score (nSPS) is 11.5. The summed E-state index contributed by atoms with van der Waals surface area (Å²) in [5.74, 6) is -11.6. The summed E-state index contributed by atoms with van der Waals surface area (Å²) in [4.78, 5) is 12.0. The van der Waals surface area contributed by atoms with Gasteiger partial charge in [0.1, 0.15) is 5.57 Å². The highest BCUT2D eigenvalue weighted by Crippen LogP contribution is 2.33. The van der Waals surface area contributed by atoms with Crippen LogP contribution in [0.2, 0.25) is 0 Å². The number of thioether (sulfide) groups is 1. The highest BCUT2D eigenvalue weighted by atomic mass is 32.2. The number of hydrogen-bond donors (Lipinski definition) is 1. The molecule has 0 aliphatic heterocycles. The molecule has 0 aliphatic carbocycles. The first-order valence-corrected chi connectivity index (χ1v) is 7.97. The third kappa shape index (κ3) is 3.67. The fourth-order valence-corrected chi connectivity index (χ4v) is 3.15. The van der Waals surface area contributed by atoms with Crippen LogP contribution < -0.4 is 0 Å². The number of benzene rings is 2. The second kappa shape index (κ2) is 8.22. The molecule has 0 aromatic heterocycles. The number of esters is 1. The highest BCUT2D eigenvalue weighted by Gasteiger charge is 2.26. The number of halogens is 5. The molecule has 0 spiro atoms. The molecule has 3 nitrogen and oxygen atoms in total. The van der Waals surface area contributed by atoms with Gasteiger partial charge in [-0.15, -0.1) is 11.8 Å². The van der Waals surface area contributed by atoms with Crippen LogP contribution in [0.3, 0.4) is 0 Å².